The monoisotopic (exact) mass is 180 g/mol. The third kappa shape index (κ3) is 1.03. The van der Waals surface area contributed by atoms with Gasteiger partial charge in [-0.25, -0.2) is 0 Å². The van der Waals surface area contributed by atoms with Crippen molar-refractivity contribution in [1.29, 1.82) is 0 Å². The Labute approximate surface area is 78.6 Å². The molecule has 2 rings (SSSR count). The fraction of sp³-hybridized carbons (Fsp3) is 0.636. The van der Waals surface area contributed by atoms with E-state index in [-0.39, 0.29) is 0 Å². The molecule has 0 amide bonds. The average molecular weight is 180 g/mol. The molecule has 1 heteroatoms. The summed E-state index contributed by atoms with van der Waals surface area (Å²) < 4.78 is 0. The smallest absolute Gasteiger partial charge is 0.00881 e. The van der Waals surface area contributed by atoms with Gasteiger partial charge in [0, 0.05) is 21.6 Å². The molecule has 0 radical (unpaired) electrons. The lowest BCUT2D eigenvalue weighted by molar-refractivity contribution is 0.422. The molecule has 0 aliphatic carbocycles. The van der Waals surface area contributed by atoms with E-state index in [0.29, 0.717) is 0 Å². The first kappa shape index (κ1) is 8.31. The molecule has 0 spiro atoms. The topological polar surface area (TPSA) is 0 Å². The molecule has 1 aromatic heterocycles. The van der Waals surface area contributed by atoms with E-state index in [1.165, 1.54) is 6.42 Å². The molecule has 0 nitrogen and oxygen atoms in total. The molecule has 2 bridgehead atoms. The second-order valence-electron chi connectivity index (χ2n) is 4.02. The fourth-order valence-electron chi connectivity index (χ4n) is 2.37. The molecule has 1 aliphatic rings. The molecule has 0 aromatic carbocycles. The maximum Gasteiger partial charge on any atom is 0.00881 e. The summed E-state index contributed by atoms with van der Waals surface area (Å²) in [5, 5.41) is 0. The molecule has 0 N–H and O–H groups in total. The summed E-state index contributed by atoms with van der Waals surface area (Å²) in [6.45, 7) is 6.99. The van der Waals surface area contributed by atoms with Gasteiger partial charge in [0.2, 0.25) is 0 Å². The van der Waals surface area contributed by atoms with Crippen LogP contribution in [0.15, 0.2) is 12.1 Å². The predicted octanol–water partition coefficient (Wildman–Crippen LogP) is 3.99. The van der Waals surface area contributed by atoms with Crippen LogP contribution in [0.4, 0.5) is 0 Å². The minimum absolute atomic E-state index is 0.805. The third-order valence-corrected chi connectivity index (χ3v) is 4.25. The van der Waals surface area contributed by atoms with Crippen molar-refractivity contribution in [3.63, 3.8) is 0 Å². The molecule has 66 valence electrons. The lowest BCUT2D eigenvalue weighted by Crippen LogP contribution is -2.12. The van der Waals surface area contributed by atoms with Crippen LogP contribution in [0.5, 0.6) is 0 Å². The molecule has 0 fully saturated rings. The van der Waals surface area contributed by atoms with Gasteiger partial charge < -0.3 is 0 Å². The Balaban J connectivity index is 2.31. The predicted molar refractivity (Wildman–Crippen MR) is 54.9 cm³/mol. The first-order valence-corrected chi connectivity index (χ1v) is 5.65. The summed E-state index contributed by atoms with van der Waals surface area (Å²) in [5.74, 6) is 2.48. The van der Waals surface area contributed by atoms with Crippen LogP contribution in [0, 0.1) is 5.92 Å². The summed E-state index contributed by atoms with van der Waals surface area (Å²) >= 11 is 2.02. The van der Waals surface area contributed by atoms with E-state index < -0.39 is 0 Å². The van der Waals surface area contributed by atoms with Gasteiger partial charge >= 0.3 is 0 Å². The second kappa shape index (κ2) is 2.88. The van der Waals surface area contributed by atoms with Crippen molar-refractivity contribution in [3.8, 4) is 0 Å². The molecule has 2 heterocycles. The highest BCUT2D eigenvalue weighted by Gasteiger charge is 2.33. The van der Waals surface area contributed by atoms with E-state index in [1.54, 1.807) is 9.75 Å². The number of rotatable bonds is 2. The normalized spacial score (nSPS) is 27.0. The van der Waals surface area contributed by atoms with Crippen molar-refractivity contribution < 1.29 is 0 Å². The first-order chi connectivity index (χ1) is 5.74. The Hall–Kier alpha value is -0.300. The van der Waals surface area contributed by atoms with Crippen LogP contribution in [-0.2, 0) is 0 Å². The summed E-state index contributed by atoms with van der Waals surface area (Å²) in [6, 6.07) is 4.63. The van der Waals surface area contributed by atoms with Crippen LogP contribution >= 0.6 is 11.3 Å². The van der Waals surface area contributed by atoms with E-state index in [0.717, 1.165) is 17.8 Å². The number of hydrogen-bond acceptors (Lipinski definition) is 1. The summed E-state index contributed by atoms with van der Waals surface area (Å²) in [7, 11) is 0. The fourth-order valence-corrected chi connectivity index (χ4v) is 3.95. The highest BCUT2D eigenvalue weighted by atomic mass is 32.1. The molecular weight excluding hydrogens is 164 g/mol. The van der Waals surface area contributed by atoms with Gasteiger partial charge in [-0.15, -0.1) is 11.3 Å². The zero-order chi connectivity index (χ0) is 8.72. The van der Waals surface area contributed by atoms with Crippen LogP contribution in [0.25, 0.3) is 0 Å². The van der Waals surface area contributed by atoms with E-state index >= 15 is 0 Å². The Morgan fingerprint density at radius 3 is 2.50 bits per heavy atom. The molecular formula is C11H16S. The standard InChI is InChI=1S/C11H16S/c1-4-8-9-5-6-10(12-9)11(8)7(2)3/h5-8,11H,4H2,1-3H3. The van der Waals surface area contributed by atoms with E-state index in [9.17, 15) is 0 Å². The maximum atomic E-state index is 2.34. The number of thiophene rings is 1. The molecule has 0 saturated carbocycles. The SMILES string of the molecule is CCC1c2ccc(s2)C1C(C)C. The Morgan fingerprint density at radius 2 is 2.00 bits per heavy atom. The first-order valence-electron chi connectivity index (χ1n) is 4.83. The van der Waals surface area contributed by atoms with Gasteiger partial charge in [0.05, 0.1) is 0 Å². The zero-order valence-corrected chi connectivity index (χ0v) is 8.82. The average Bonchev–Trinajstić information content (AvgIpc) is 2.60. The highest BCUT2D eigenvalue weighted by molar-refractivity contribution is 7.12. The Kier molecular flexibility index (Phi) is 1.99. The van der Waals surface area contributed by atoms with Gasteiger partial charge in [-0.2, -0.15) is 0 Å². The Bertz CT molecular complexity index is 272. The minimum atomic E-state index is 0.805. The number of fused-ring (bicyclic) bond motifs is 2. The molecule has 0 saturated heterocycles. The van der Waals surface area contributed by atoms with Crippen LogP contribution < -0.4 is 0 Å². The summed E-state index contributed by atoms with van der Waals surface area (Å²) in [6.07, 6.45) is 1.30. The second-order valence-corrected chi connectivity index (χ2v) is 5.17. The van der Waals surface area contributed by atoms with Crippen LogP contribution in [0.2, 0.25) is 0 Å². The molecule has 1 aromatic rings. The Morgan fingerprint density at radius 1 is 1.33 bits per heavy atom. The van der Waals surface area contributed by atoms with Gasteiger partial charge in [0.1, 0.15) is 0 Å². The van der Waals surface area contributed by atoms with Crippen molar-refractivity contribution in [2.24, 2.45) is 5.92 Å². The molecule has 2 unspecified atom stereocenters. The van der Waals surface area contributed by atoms with Crippen molar-refractivity contribution >= 4 is 11.3 Å². The maximum absolute atomic E-state index is 2.34. The van der Waals surface area contributed by atoms with Crippen molar-refractivity contribution in [2.75, 3.05) is 0 Å². The van der Waals surface area contributed by atoms with Gasteiger partial charge in [0.25, 0.3) is 0 Å². The van der Waals surface area contributed by atoms with E-state index in [2.05, 4.69) is 32.9 Å². The quantitative estimate of drug-likeness (QED) is 0.645. The highest BCUT2D eigenvalue weighted by Crippen LogP contribution is 2.51. The largest absolute Gasteiger partial charge is 0.145 e. The van der Waals surface area contributed by atoms with E-state index in [1.807, 2.05) is 11.3 Å². The molecule has 12 heavy (non-hydrogen) atoms. The van der Waals surface area contributed by atoms with Gasteiger partial charge in [-0.3, -0.25) is 0 Å². The lowest BCUT2D eigenvalue weighted by atomic mass is 9.78. The van der Waals surface area contributed by atoms with Crippen LogP contribution in [-0.4, -0.2) is 0 Å². The number of hydrogen-bond donors (Lipinski definition) is 0. The van der Waals surface area contributed by atoms with Gasteiger partial charge in [-0.1, -0.05) is 20.8 Å². The van der Waals surface area contributed by atoms with E-state index in [4.69, 9.17) is 0 Å². The van der Waals surface area contributed by atoms with Gasteiger partial charge in [0.15, 0.2) is 0 Å². The lowest BCUT2D eigenvalue weighted by Gasteiger charge is -2.24. The third-order valence-electron chi connectivity index (χ3n) is 2.93. The molecule has 2 atom stereocenters. The minimum Gasteiger partial charge on any atom is -0.145 e. The van der Waals surface area contributed by atoms with Crippen LogP contribution in [0.1, 0.15) is 48.8 Å². The van der Waals surface area contributed by atoms with Crippen LogP contribution in [0.3, 0.4) is 0 Å². The zero-order valence-electron chi connectivity index (χ0n) is 8.00. The van der Waals surface area contributed by atoms with Gasteiger partial charge in [-0.05, 0) is 24.5 Å². The van der Waals surface area contributed by atoms with Crippen molar-refractivity contribution in [1.82, 2.24) is 0 Å². The molecule has 1 aliphatic heterocycles. The summed E-state index contributed by atoms with van der Waals surface area (Å²) in [5.41, 5.74) is 0. The van der Waals surface area contributed by atoms with Crippen molar-refractivity contribution in [3.05, 3.63) is 21.9 Å². The van der Waals surface area contributed by atoms with Crippen molar-refractivity contribution in [2.45, 2.75) is 39.0 Å². The summed E-state index contributed by atoms with van der Waals surface area (Å²) in [4.78, 5) is 3.23.